The van der Waals surface area contributed by atoms with Gasteiger partial charge < -0.3 is 9.59 Å². The number of aliphatic hydroxyl groups excluding tert-OH is 1. The number of rotatable bonds is 2. The van der Waals surface area contributed by atoms with Crippen LogP contribution in [0.4, 0.5) is 0 Å². The largest absolute Gasteiger partial charge is 0.391 e. The van der Waals surface area contributed by atoms with Crippen molar-refractivity contribution in [2.75, 3.05) is 34.3 Å². The van der Waals surface area contributed by atoms with Gasteiger partial charge in [0.25, 0.3) is 0 Å². The minimum absolute atomic E-state index is 0. The van der Waals surface area contributed by atoms with Crippen LogP contribution in [0, 0.1) is 0 Å². The third-order valence-corrected chi connectivity index (χ3v) is 0.771. The Morgan fingerprint density at radius 3 is 1.40 bits per heavy atom. The zero-order chi connectivity index (χ0) is 5.91. The maximum Gasteiger partial charge on any atom is 0.101 e. The molecule has 0 unspecified atom stereocenters. The van der Waals surface area contributed by atoms with Gasteiger partial charge in [0.05, 0.1) is 27.7 Å². The van der Waals surface area contributed by atoms with Crippen molar-refractivity contribution in [2.24, 2.45) is 0 Å². The first-order chi connectivity index (χ1) is 3.06. The Morgan fingerprint density at radius 1 is 1.10 bits per heavy atom. The van der Waals surface area contributed by atoms with Crippen LogP contribution in [0.2, 0.25) is 0 Å². The Hall–Kier alpha value is 1.67. The van der Waals surface area contributed by atoms with E-state index >= 15 is 0 Å². The Balaban J connectivity index is -0.0000000600. The van der Waals surface area contributed by atoms with E-state index in [1.54, 1.807) is 0 Å². The topological polar surface area (TPSA) is 20.2 Å². The van der Waals surface area contributed by atoms with Crippen molar-refractivity contribution in [1.82, 2.24) is 0 Å². The van der Waals surface area contributed by atoms with Crippen molar-refractivity contribution in [2.45, 2.75) is 0 Å². The molecule has 0 aliphatic heterocycles. The highest BCUT2D eigenvalue weighted by Gasteiger charge is 2.02. The van der Waals surface area contributed by atoms with Gasteiger partial charge in [0.2, 0.25) is 0 Å². The van der Waals surface area contributed by atoms with Gasteiger partial charge in [0.15, 0.2) is 0 Å². The summed E-state index contributed by atoms with van der Waals surface area (Å²) in [5.41, 5.74) is 0. The Morgan fingerprint density at radius 2 is 1.40 bits per heavy atom. The van der Waals surface area contributed by atoms with Gasteiger partial charge in [-0.05, 0) is 0 Å². The molecule has 0 rings (SSSR count). The fourth-order valence-corrected chi connectivity index (χ4v) is 0.300. The molecular weight excluding hydrogens is 379 g/mol. The average Bonchev–Trinajstić information content (AvgIpc) is 1.30. The molecule has 2 nitrogen and oxygen atoms in total. The van der Waals surface area contributed by atoms with Gasteiger partial charge in [-0.25, -0.2) is 0 Å². The van der Waals surface area contributed by atoms with Crippen molar-refractivity contribution in [3.05, 3.63) is 0 Å². The third kappa shape index (κ3) is 22.6. The predicted octanol–water partition coefficient (Wildman–Crippen LogP) is 1.34. The summed E-state index contributed by atoms with van der Waals surface area (Å²) < 4.78 is 0.844. The summed E-state index contributed by atoms with van der Waals surface area (Å²) in [5, 5.41) is 8.39. The van der Waals surface area contributed by atoms with Gasteiger partial charge in [-0.1, -0.05) is 0 Å². The molecule has 0 spiro atoms. The molecule has 0 atom stereocenters. The number of quaternary nitrogens is 1. The van der Waals surface area contributed by atoms with Crippen molar-refractivity contribution >= 4 is 60.4 Å². The third-order valence-electron chi connectivity index (χ3n) is 0.771. The van der Waals surface area contributed by atoms with Crippen LogP contribution in [0.15, 0.2) is 0 Å². The van der Waals surface area contributed by atoms with Crippen LogP contribution in [0.25, 0.3) is 0 Å². The molecule has 0 fully saturated rings. The molecule has 0 aromatic carbocycles. The molecule has 0 radical (unpaired) electrons. The highest BCUT2D eigenvalue weighted by molar-refractivity contribution is 14.0. The Bertz CT molecular complexity index is 58.1. The van der Waals surface area contributed by atoms with E-state index in [1.165, 1.54) is 0 Å². The lowest BCUT2D eigenvalue weighted by Gasteiger charge is -2.21. The fraction of sp³-hybridized carbons (Fsp3) is 1.00. The van der Waals surface area contributed by atoms with E-state index in [2.05, 4.69) is 21.1 Å². The smallest absolute Gasteiger partial charge is 0.101 e. The van der Waals surface area contributed by atoms with Crippen LogP contribution in [0.1, 0.15) is 0 Å². The monoisotopic (exact) mass is 396 g/mol. The highest BCUT2D eigenvalue weighted by Crippen LogP contribution is 1.84. The first-order valence-electron chi connectivity index (χ1n) is 2.47. The SMILES string of the molecule is C[N+](C)(C)CCO.Cl.I.I. The fourth-order valence-electron chi connectivity index (χ4n) is 0.300. The van der Waals surface area contributed by atoms with Crippen molar-refractivity contribution < 1.29 is 9.59 Å². The van der Waals surface area contributed by atoms with E-state index in [1.807, 2.05) is 0 Å². The standard InChI is InChI=1S/C5H14NO.ClH.2HI/c1-6(2,3)4-5-7;;;/h7H,4-5H2,1-3H3;3*1H/q+1;;;. The van der Waals surface area contributed by atoms with E-state index < -0.39 is 0 Å². The molecule has 0 heterocycles. The molecule has 0 bridgehead atoms. The van der Waals surface area contributed by atoms with E-state index in [9.17, 15) is 0 Å². The number of likely N-dealkylation sites (N-methyl/N-ethyl adjacent to an activating group) is 1. The summed E-state index contributed by atoms with van der Waals surface area (Å²) >= 11 is 0. The summed E-state index contributed by atoms with van der Waals surface area (Å²) in [5.74, 6) is 0. The lowest BCUT2D eigenvalue weighted by Crippen LogP contribution is -2.36. The molecule has 0 aliphatic rings. The molecule has 68 valence electrons. The maximum atomic E-state index is 8.39. The lowest BCUT2D eigenvalue weighted by molar-refractivity contribution is -0.870. The van der Waals surface area contributed by atoms with Gasteiger partial charge in [-0.3, -0.25) is 0 Å². The van der Waals surface area contributed by atoms with Gasteiger partial charge >= 0.3 is 0 Å². The quantitative estimate of drug-likeness (QED) is 0.552. The molecule has 0 saturated heterocycles. The molecule has 0 aromatic rings. The summed E-state index contributed by atoms with van der Waals surface area (Å²) in [6.07, 6.45) is 0. The molecular formula is C5H17ClI2NO+. The number of hydrogen-bond acceptors (Lipinski definition) is 1. The van der Waals surface area contributed by atoms with Crippen LogP contribution < -0.4 is 0 Å². The maximum absolute atomic E-state index is 8.39. The van der Waals surface area contributed by atoms with Crippen molar-refractivity contribution in [1.29, 1.82) is 0 Å². The summed E-state index contributed by atoms with van der Waals surface area (Å²) in [6.45, 7) is 1.11. The molecule has 0 saturated carbocycles. The van der Waals surface area contributed by atoms with Crippen LogP contribution in [-0.2, 0) is 0 Å². The van der Waals surface area contributed by atoms with Crippen LogP contribution in [-0.4, -0.2) is 43.9 Å². The van der Waals surface area contributed by atoms with Gasteiger partial charge in [0.1, 0.15) is 6.54 Å². The zero-order valence-corrected chi connectivity index (χ0v) is 12.0. The van der Waals surface area contributed by atoms with Crippen molar-refractivity contribution in [3.8, 4) is 0 Å². The minimum Gasteiger partial charge on any atom is -0.391 e. The average molecular weight is 396 g/mol. The van der Waals surface area contributed by atoms with E-state index in [0.29, 0.717) is 0 Å². The number of nitrogens with zero attached hydrogens (tertiary/aromatic N) is 1. The summed E-state index contributed by atoms with van der Waals surface area (Å²) in [6, 6.07) is 0. The predicted molar refractivity (Wildman–Crippen MR) is 68.1 cm³/mol. The number of halogens is 3. The normalized spacial score (nSPS) is 8.40. The molecule has 0 aliphatic carbocycles. The first-order valence-corrected chi connectivity index (χ1v) is 2.47. The van der Waals surface area contributed by atoms with Gasteiger partial charge in [-0.2, -0.15) is 0 Å². The molecule has 10 heavy (non-hydrogen) atoms. The number of hydrogen-bond donors (Lipinski definition) is 1. The van der Waals surface area contributed by atoms with Gasteiger partial charge in [-0.15, -0.1) is 60.4 Å². The van der Waals surface area contributed by atoms with E-state index in [-0.39, 0.29) is 67.0 Å². The molecule has 0 amide bonds. The van der Waals surface area contributed by atoms with Crippen LogP contribution >= 0.6 is 60.4 Å². The van der Waals surface area contributed by atoms with Gasteiger partial charge in [0, 0.05) is 0 Å². The Labute approximate surface area is 103 Å². The Kier molecular flexibility index (Phi) is 24.1. The lowest BCUT2D eigenvalue weighted by atomic mass is 10.5. The zero-order valence-electron chi connectivity index (χ0n) is 6.53. The van der Waals surface area contributed by atoms with Crippen molar-refractivity contribution in [3.63, 3.8) is 0 Å². The second-order valence-electron chi connectivity index (χ2n) is 2.74. The molecule has 0 aromatic heterocycles. The summed E-state index contributed by atoms with van der Waals surface area (Å²) in [4.78, 5) is 0. The van der Waals surface area contributed by atoms with Crippen LogP contribution in [0.3, 0.4) is 0 Å². The second-order valence-corrected chi connectivity index (χ2v) is 2.74. The first kappa shape index (κ1) is 22.6. The number of aliphatic hydroxyl groups is 1. The molecule has 5 heteroatoms. The summed E-state index contributed by atoms with van der Waals surface area (Å²) in [7, 11) is 6.16. The highest BCUT2D eigenvalue weighted by atomic mass is 127. The second kappa shape index (κ2) is 10.7. The minimum atomic E-state index is 0. The molecule has 1 N–H and O–H groups in total. The van der Waals surface area contributed by atoms with Crippen LogP contribution in [0.5, 0.6) is 0 Å². The van der Waals surface area contributed by atoms with E-state index in [0.717, 1.165) is 11.0 Å². The van der Waals surface area contributed by atoms with E-state index in [4.69, 9.17) is 5.11 Å².